The van der Waals surface area contributed by atoms with Gasteiger partial charge in [0.1, 0.15) is 18.1 Å². The van der Waals surface area contributed by atoms with Crippen LogP contribution in [0.4, 0.5) is 21.9 Å². The number of nitrogens with zero attached hydrogens (tertiary/aromatic N) is 1. The summed E-state index contributed by atoms with van der Waals surface area (Å²) in [6.07, 6.45) is -0.516. The lowest BCUT2D eigenvalue weighted by atomic mass is 10.2. The maximum absolute atomic E-state index is 12.4. The first kappa shape index (κ1) is 21.4. The molecule has 2 aromatic rings. The lowest BCUT2D eigenvalue weighted by molar-refractivity contribution is -0.113. The van der Waals surface area contributed by atoms with Crippen LogP contribution in [0.1, 0.15) is 13.8 Å². The molecule has 0 unspecified atom stereocenters. The molecule has 1 aliphatic rings. The van der Waals surface area contributed by atoms with Gasteiger partial charge in [-0.25, -0.2) is 13.2 Å². The third kappa shape index (κ3) is 5.63. The molecule has 0 atom stereocenters. The van der Waals surface area contributed by atoms with E-state index in [4.69, 9.17) is 9.47 Å². The van der Waals surface area contributed by atoms with Crippen LogP contribution in [0, 0.1) is 0 Å². The molecule has 0 aromatic heterocycles. The Kier molecular flexibility index (Phi) is 6.46. The topological polar surface area (TPSA) is 114 Å². The molecule has 160 valence electrons. The molecule has 1 aliphatic heterocycles. The highest BCUT2D eigenvalue weighted by molar-refractivity contribution is 7.93. The van der Waals surface area contributed by atoms with E-state index in [-0.39, 0.29) is 12.7 Å². The molecule has 2 aromatic carbocycles. The molecule has 1 fully saturated rings. The highest BCUT2D eigenvalue weighted by Gasteiger charge is 2.26. The number of carbonyl (C=O) groups is 2. The number of amides is 2. The number of rotatable bonds is 8. The van der Waals surface area contributed by atoms with Crippen molar-refractivity contribution in [3.8, 4) is 5.75 Å². The van der Waals surface area contributed by atoms with Crippen molar-refractivity contribution in [2.45, 2.75) is 20.0 Å². The molecule has 2 N–H and O–H groups in total. The number of hydrogen-bond acceptors (Lipinski definition) is 6. The normalized spacial score (nSPS) is 13.8. The fourth-order valence-corrected chi connectivity index (χ4v) is 3.86. The van der Waals surface area contributed by atoms with Gasteiger partial charge in [-0.2, -0.15) is 0 Å². The summed E-state index contributed by atoms with van der Waals surface area (Å²) in [5.74, 6) is -0.902. The van der Waals surface area contributed by atoms with Crippen LogP contribution in [0.3, 0.4) is 0 Å². The molecule has 10 heteroatoms. The molecule has 3 rings (SSSR count). The van der Waals surface area contributed by atoms with Crippen LogP contribution in [0.15, 0.2) is 48.5 Å². The molecule has 1 heterocycles. The van der Waals surface area contributed by atoms with Gasteiger partial charge in [-0.3, -0.25) is 14.4 Å². The maximum Gasteiger partial charge on any atom is 0.414 e. The molecule has 0 bridgehead atoms. The van der Waals surface area contributed by atoms with Crippen molar-refractivity contribution in [2.24, 2.45) is 0 Å². The van der Waals surface area contributed by atoms with Crippen molar-refractivity contribution < 1.29 is 27.5 Å². The minimum atomic E-state index is -3.94. The molecule has 1 saturated heterocycles. The highest BCUT2D eigenvalue weighted by atomic mass is 32.2. The molecule has 2 amide bonds. The monoisotopic (exact) mass is 433 g/mol. The van der Waals surface area contributed by atoms with Crippen LogP contribution in [0.5, 0.6) is 5.75 Å². The van der Waals surface area contributed by atoms with E-state index in [0.29, 0.717) is 29.4 Å². The Hall–Kier alpha value is -3.27. The second-order valence-corrected chi connectivity index (χ2v) is 8.61. The number of carbonyl (C=O) groups excluding carboxylic acids is 2. The Morgan fingerprint density at radius 3 is 2.50 bits per heavy atom. The number of anilines is 3. The molecule has 0 aliphatic carbocycles. The van der Waals surface area contributed by atoms with Gasteiger partial charge >= 0.3 is 6.09 Å². The molecule has 0 saturated carbocycles. The van der Waals surface area contributed by atoms with Crippen LogP contribution in [-0.4, -0.2) is 45.4 Å². The van der Waals surface area contributed by atoms with E-state index < -0.39 is 27.8 Å². The van der Waals surface area contributed by atoms with Gasteiger partial charge in [-0.1, -0.05) is 12.1 Å². The maximum atomic E-state index is 12.4. The zero-order valence-corrected chi connectivity index (χ0v) is 17.4. The van der Waals surface area contributed by atoms with Crippen molar-refractivity contribution in [2.75, 3.05) is 33.8 Å². The standard InChI is InChI=1S/C20H23N3O6S/c1-14(2)29-16-9-7-15(8-10-16)22-30(26,27)13-19(24)21-17-5-3-4-6-18(17)23-11-12-28-20(23)25/h3-10,14,22H,11-13H2,1-2H3,(H,21,24). The second kappa shape index (κ2) is 9.04. The van der Waals surface area contributed by atoms with Crippen LogP contribution in [-0.2, 0) is 19.6 Å². The van der Waals surface area contributed by atoms with E-state index in [1.54, 1.807) is 48.5 Å². The van der Waals surface area contributed by atoms with Gasteiger partial charge in [0.05, 0.1) is 24.0 Å². The van der Waals surface area contributed by atoms with Gasteiger partial charge in [0.15, 0.2) is 0 Å². The molecule has 9 nitrogen and oxygen atoms in total. The first-order chi connectivity index (χ1) is 14.2. The van der Waals surface area contributed by atoms with Crippen LogP contribution in [0.2, 0.25) is 0 Å². The zero-order valence-electron chi connectivity index (χ0n) is 16.6. The van der Waals surface area contributed by atoms with Gasteiger partial charge in [-0.05, 0) is 50.2 Å². The van der Waals surface area contributed by atoms with Crippen molar-refractivity contribution >= 4 is 39.1 Å². The SMILES string of the molecule is CC(C)Oc1ccc(NS(=O)(=O)CC(=O)Nc2ccccc2N2CCOC2=O)cc1. The fourth-order valence-electron chi connectivity index (χ4n) is 2.88. The average Bonchev–Trinajstić information content (AvgIpc) is 3.08. The number of hydrogen-bond donors (Lipinski definition) is 2. The van der Waals surface area contributed by atoms with E-state index in [1.807, 2.05) is 13.8 Å². The number of ether oxygens (including phenoxy) is 2. The number of sulfonamides is 1. The Balaban J connectivity index is 1.64. The Bertz CT molecular complexity index is 1020. The number of nitrogens with one attached hydrogen (secondary N) is 2. The summed E-state index contributed by atoms with van der Waals surface area (Å²) in [5, 5.41) is 2.55. The third-order valence-corrected chi connectivity index (χ3v) is 5.24. The molecule has 0 radical (unpaired) electrons. The van der Waals surface area contributed by atoms with Crippen molar-refractivity contribution in [3.05, 3.63) is 48.5 Å². The fraction of sp³-hybridized carbons (Fsp3) is 0.300. The summed E-state index contributed by atoms with van der Waals surface area (Å²) in [7, 11) is -3.94. The lowest BCUT2D eigenvalue weighted by Crippen LogP contribution is -2.29. The minimum Gasteiger partial charge on any atom is -0.491 e. The smallest absolute Gasteiger partial charge is 0.414 e. The summed E-state index contributed by atoms with van der Waals surface area (Å²) in [6, 6.07) is 13.0. The first-order valence-electron chi connectivity index (χ1n) is 9.34. The third-order valence-electron chi connectivity index (χ3n) is 4.05. The van der Waals surface area contributed by atoms with E-state index >= 15 is 0 Å². The quantitative estimate of drug-likeness (QED) is 0.662. The van der Waals surface area contributed by atoms with Gasteiger partial charge in [0.2, 0.25) is 15.9 Å². The van der Waals surface area contributed by atoms with Gasteiger partial charge < -0.3 is 14.8 Å². The first-order valence-corrected chi connectivity index (χ1v) is 11.0. The van der Waals surface area contributed by atoms with Crippen molar-refractivity contribution in [1.82, 2.24) is 0 Å². The predicted molar refractivity (Wildman–Crippen MR) is 113 cm³/mol. The van der Waals surface area contributed by atoms with Crippen molar-refractivity contribution in [1.29, 1.82) is 0 Å². The van der Waals surface area contributed by atoms with Crippen molar-refractivity contribution in [3.63, 3.8) is 0 Å². The van der Waals surface area contributed by atoms with Gasteiger partial charge in [-0.15, -0.1) is 0 Å². The second-order valence-electron chi connectivity index (χ2n) is 6.88. The molecular formula is C20H23N3O6S. The predicted octanol–water partition coefficient (Wildman–Crippen LogP) is 2.81. The Labute approximate surface area is 175 Å². The molecular weight excluding hydrogens is 410 g/mol. The zero-order chi connectivity index (χ0) is 21.7. The summed E-state index contributed by atoms with van der Waals surface area (Å²) in [4.78, 5) is 25.5. The number of para-hydroxylation sites is 2. The Morgan fingerprint density at radius 2 is 1.87 bits per heavy atom. The number of benzene rings is 2. The van der Waals surface area contributed by atoms with Gasteiger partial charge in [0.25, 0.3) is 0 Å². The van der Waals surface area contributed by atoms with E-state index in [2.05, 4.69) is 10.0 Å². The highest BCUT2D eigenvalue weighted by Crippen LogP contribution is 2.28. The number of cyclic esters (lactones) is 1. The minimum absolute atomic E-state index is 0.00142. The largest absolute Gasteiger partial charge is 0.491 e. The van der Waals surface area contributed by atoms with E-state index in [1.165, 1.54) is 4.90 Å². The summed E-state index contributed by atoms with van der Waals surface area (Å²) >= 11 is 0. The van der Waals surface area contributed by atoms with Crippen LogP contribution in [0.25, 0.3) is 0 Å². The molecule has 30 heavy (non-hydrogen) atoms. The van der Waals surface area contributed by atoms with E-state index in [0.717, 1.165) is 0 Å². The van der Waals surface area contributed by atoms with Crippen LogP contribution >= 0.6 is 0 Å². The van der Waals surface area contributed by atoms with Crippen LogP contribution < -0.4 is 19.7 Å². The lowest BCUT2D eigenvalue weighted by Gasteiger charge is -2.17. The summed E-state index contributed by atoms with van der Waals surface area (Å²) < 4.78 is 37.5. The summed E-state index contributed by atoms with van der Waals surface area (Å²) in [6.45, 7) is 4.38. The average molecular weight is 433 g/mol. The summed E-state index contributed by atoms with van der Waals surface area (Å²) in [5.41, 5.74) is 1.09. The van der Waals surface area contributed by atoms with E-state index in [9.17, 15) is 18.0 Å². The Morgan fingerprint density at radius 1 is 1.17 bits per heavy atom. The van der Waals surface area contributed by atoms with Gasteiger partial charge in [0, 0.05) is 5.69 Å². The molecule has 0 spiro atoms.